The van der Waals surface area contributed by atoms with Gasteiger partial charge in [0.05, 0.1) is 0 Å². The van der Waals surface area contributed by atoms with Crippen molar-refractivity contribution < 1.29 is 4.79 Å². The average molecular weight is 345 g/mol. The van der Waals surface area contributed by atoms with Gasteiger partial charge in [0.1, 0.15) is 5.82 Å². The van der Waals surface area contributed by atoms with Gasteiger partial charge in [-0.25, -0.2) is 9.78 Å². The standard InChI is InChI=1S/C20H32N4O/c1-16-7-6-8-18(13-16)23-20(25)22-15-17-9-10-21-19(14-17)24-11-4-2-3-5-12-24/h9-10,14,16,18H,2-8,11-13,15H2,1H3,(H2,22,23,25). The molecule has 1 aliphatic carbocycles. The summed E-state index contributed by atoms with van der Waals surface area (Å²) in [7, 11) is 0. The highest BCUT2D eigenvalue weighted by Crippen LogP contribution is 2.23. The Hall–Kier alpha value is -1.78. The van der Waals surface area contributed by atoms with Gasteiger partial charge >= 0.3 is 6.03 Å². The van der Waals surface area contributed by atoms with Gasteiger partial charge in [-0.2, -0.15) is 0 Å². The summed E-state index contributed by atoms with van der Waals surface area (Å²) in [5.74, 6) is 1.76. The lowest BCUT2D eigenvalue weighted by molar-refractivity contribution is 0.227. The van der Waals surface area contributed by atoms with E-state index < -0.39 is 0 Å². The molecule has 0 bridgehead atoms. The van der Waals surface area contributed by atoms with Crippen molar-refractivity contribution in [1.29, 1.82) is 0 Å². The van der Waals surface area contributed by atoms with E-state index in [9.17, 15) is 4.79 Å². The number of urea groups is 1. The minimum absolute atomic E-state index is 0.0489. The van der Waals surface area contributed by atoms with E-state index in [4.69, 9.17) is 0 Å². The molecule has 1 aromatic heterocycles. The Morgan fingerprint density at radius 3 is 2.76 bits per heavy atom. The molecule has 2 fully saturated rings. The number of anilines is 1. The summed E-state index contributed by atoms with van der Waals surface area (Å²) in [6, 6.07) is 4.39. The van der Waals surface area contributed by atoms with Gasteiger partial charge in [-0.3, -0.25) is 0 Å². The lowest BCUT2D eigenvalue weighted by Gasteiger charge is -2.27. The molecule has 5 heteroatoms. The first-order chi connectivity index (χ1) is 12.2. The predicted octanol–water partition coefficient (Wildman–Crippen LogP) is 3.84. The topological polar surface area (TPSA) is 57.3 Å². The quantitative estimate of drug-likeness (QED) is 0.872. The van der Waals surface area contributed by atoms with Gasteiger partial charge in [-0.05, 0) is 49.3 Å². The number of amides is 2. The predicted molar refractivity (Wildman–Crippen MR) is 102 cm³/mol. The number of nitrogens with one attached hydrogen (secondary N) is 2. The monoisotopic (exact) mass is 344 g/mol. The second-order valence-corrected chi connectivity index (χ2v) is 7.72. The normalized spacial score (nSPS) is 24.4. The van der Waals surface area contributed by atoms with Crippen molar-refractivity contribution in [1.82, 2.24) is 15.6 Å². The molecule has 2 N–H and O–H groups in total. The maximum absolute atomic E-state index is 12.2. The molecule has 2 unspecified atom stereocenters. The Morgan fingerprint density at radius 2 is 2.00 bits per heavy atom. The second-order valence-electron chi connectivity index (χ2n) is 7.72. The third kappa shape index (κ3) is 5.62. The molecule has 138 valence electrons. The SMILES string of the molecule is CC1CCCC(NC(=O)NCc2ccnc(N3CCCCCC3)c2)C1. The maximum atomic E-state index is 12.2. The molecular formula is C20H32N4O. The number of carbonyl (C=O) groups is 1. The van der Waals surface area contributed by atoms with Crippen molar-refractivity contribution in [2.75, 3.05) is 18.0 Å². The molecule has 2 atom stereocenters. The van der Waals surface area contributed by atoms with E-state index in [2.05, 4.69) is 33.5 Å². The van der Waals surface area contributed by atoms with Crippen molar-refractivity contribution in [3.05, 3.63) is 23.9 Å². The number of hydrogen-bond donors (Lipinski definition) is 2. The number of carbonyl (C=O) groups excluding carboxylic acids is 1. The van der Waals surface area contributed by atoms with Gasteiger partial charge in [0.25, 0.3) is 0 Å². The lowest BCUT2D eigenvalue weighted by Crippen LogP contribution is -2.43. The van der Waals surface area contributed by atoms with Crippen LogP contribution in [0.1, 0.15) is 63.9 Å². The van der Waals surface area contributed by atoms with Gasteiger partial charge in [-0.15, -0.1) is 0 Å². The summed E-state index contributed by atoms with van der Waals surface area (Å²) >= 11 is 0. The Bertz CT molecular complexity index is 554. The smallest absolute Gasteiger partial charge is 0.315 e. The van der Waals surface area contributed by atoms with Gasteiger partial charge < -0.3 is 15.5 Å². The van der Waals surface area contributed by atoms with Gasteiger partial charge in [0, 0.05) is 31.9 Å². The van der Waals surface area contributed by atoms with Crippen LogP contribution in [0.4, 0.5) is 10.6 Å². The number of aromatic nitrogens is 1. The molecule has 2 heterocycles. The van der Waals surface area contributed by atoms with Crippen LogP contribution in [0.3, 0.4) is 0 Å². The summed E-state index contributed by atoms with van der Waals surface area (Å²) in [5.41, 5.74) is 1.11. The highest BCUT2D eigenvalue weighted by molar-refractivity contribution is 5.74. The third-order valence-corrected chi connectivity index (χ3v) is 5.46. The first kappa shape index (κ1) is 18.0. The highest BCUT2D eigenvalue weighted by atomic mass is 16.2. The summed E-state index contributed by atoms with van der Waals surface area (Å²) in [6.45, 7) is 5.00. The number of hydrogen-bond acceptors (Lipinski definition) is 3. The van der Waals surface area contributed by atoms with E-state index in [0.717, 1.165) is 43.2 Å². The molecule has 2 aliphatic rings. The highest BCUT2D eigenvalue weighted by Gasteiger charge is 2.20. The van der Waals surface area contributed by atoms with Crippen LogP contribution in [0.5, 0.6) is 0 Å². The number of nitrogens with zero attached hydrogens (tertiary/aromatic N) is 2. The molecule has 1 saturated carbocycles. The van der Waals surface area contributed by atoms with E-state index in [0.29, 0.717) is 12.6 Å². The molecule has 1 aliphatic heterocycles. The van der Waals surface area contributed by atoms with Crippen LogP contribution in [0.15, 0.2) is 18.3 Å². The Balaban J connectivity index is 1.49. The fraction of sp³-hybridized carbons (Fsp3) is 0.700. The molecular weight excluding hydrogens is 312 g/mol. The summed E-state index contributed by atoms with van der Waals surface area (Å²) < 4.78 is 0. The lowest BCUT2D eigenvalue weighted by atomic mass is 9.87. The molecule has 1 saturated heterocycles. The van der Waals surface area contributed by atoms with Crippen molar-refractivity contribution in [3.63, 3.8) is 0 Å². The molecule has 0 radical (unpaired) electrons. The van der Waals surface area contributed by atoms with Crippen molar-refractivity contribution >= 4 is 11.8 Å². The first-order valence-electron chi connectivity index (χ1n) is 9.95. The molecule has 0 aromatic carbocycles. The fourth-order valence-electron chi connectivity index (χ4n) is 4.03. The van der Waals surface area contributed by atoms with Gasteiger partial charge in [0.2, 0.25) is 0 Å². The minimum atomic E-state index is -0.0489. The molecule has 1 aromatic rings. The summed E-state index contributed by atoms with van der Waals surface area (Å²) in [6.07, 6.45) is 11.7. The zero-order valence-electron chi connectivity index (χ0n) is 15.5. The van der Waals surface area contributed by atoms with E-state index >= 15 is 0 Å². The second kappa shape index (κ2) is 9.07. The molecule has 5 nitrogen and oxygen atoms in total. The molecule has 3 rings (SSSR count). The third-order valence-electron chi connectivity index (χ3n) is 5.46. The van der Waals surface area contributed by atoms with Crippen LogP contribution < -0.4 is 15.5 Å². The van der Waals surface area contributed by atoms with Crippen molar-refractivity contribution in [2.24, 2.45) is 5.92 Å². The molecule has 25 heavy (non-hydrogen) atoms. The first-order valence-corrected chi connectivity index (χ1v) is 9.95. The Morgan fingerprint density at radius 1 is 1.20 bits per heavy atom. The summed E-state index contributed by atoms with van der Waals surface area (Å²) in [5, 5.41) is 6.14. The Labute approximate surface area is 151 Å². The number of rotatable bonds is 4. The van der Waals surface area contributed by atoms with E-state index in [1.165, 1.54) is 38.5 Å². The maximum Gasteiger partial charge on any atom is 0.315 e. The van der Waals surface area contributed by atoms with Gasteiger partial charge in [0.15, 0.2) is 0 Å². The van der Waals surface area contributed by atoms with Crippen LogP contribution >= 0.6 is 0 Å². The Kier molecular flexibility index (Phi) is 6.54. The largest absolute Gasteiger partial charge is 0.357 e. The van der Waals surface area contributed by atoms with Crippen molar-refractivity contribution in [2.45, 2.75) is 70.9 Å². The molecule has 0 spiro atoms. The van der Waals surface area contributed by atoms with Gasteiger partial charge in [-0.1, -0.05) is 32.6 Å². The zero-order chi connectivity index (χ0) is 17.5. The zero-order valence-corrected chi connectivity index (χ0v) is 15.5. The van der Waals surface area contributed by atoms with Crippen LogP contribution in [-0.2, 0) is 6.54 Å². The number of pyridine rings is 1. The van der Waals surface area contributed by atoms with E-state index in [1.54, 1.807) is 0 Å². The van der Waals surface area contributed by atoms with Crippen molar-refractivity contribution in [3.8, 4) is 0 Å². The summed E-state index contributed by atoms with van der Waals surface area (Å²) in [4.78, 5) is 19.1. The fourth-order valence-corrected chi connectivity index (χ4v) is 4.03. The van der Waals surface area contributed by atoms with Crippen LogP contribution in [0, 0.1) is 5.92 Å². The van der Waals surface area contributed by atoms with Crippen LogP contribution in [0.25, 0.3) is 0 Å². The van der Waals surface area contributed by atoms with Crippen LogP contribution in [-0.4, -0.2) is 30.1 Å². The molecule has 2 amide bonds. The van der Waals surface area contributed by atoms with E-state index in [-0.39, 0.29) is 6.03 Å². The average Bonchev–Trinajstić information content (AvgIpc) is 2.90. The van der Waals surface area contributed by atoms with Crippen LogP contribution in [0.2, 0.25) is 0 Å². The van der Waals surface area contributed by atoms with E-state index in [1.807, 2.05) is 12.3 Å². The minimum Gasteiger partial charge on any atom is -0.357 e.